The van der Waals surface area contributed by atoms with Gasteiger partial charge in [-0.3, -0.25) is 14.4 Å². The summed E-state index contributed by atoms with van der Waals surface area (Å²) in [6.07, 6.45) is 0. The minimum atomic E-state index is -1.69. The van der Waals surface area contributed by atoms with Crippen LogP contribution in [0.1, 0.15) is 36.9 Å². The highest BCUT2D eigenvalue weighted by Crippen LogP contribution is 2.45. The number of anilines is 1. The predicted molar refractivity (Wildman–Crippen MR) is 136 cm³/mol. The van der Waals surface area contributed by atoms with Gasteiger partial charge in [0.25, 0.3) is 11.8 Å². The fourth-order valence-electron chi connectivity index (χ4n) is 4.34. The van der Waals surface area contributed by atoms with E-state index < -0.39 is 28.6 Å². The summed E-state index contributed by atoms with van der Waals surface area (Å²) in [6, 6.07) is 11.7. The predicted octanol–water partition coefficient (Wildman–Crippen LogP) is 2.24. The molecule has 2 aromatic carbocycles. The summed E-state index contributed by atoms with van der Waals surface area (Å²) in [4.78, 5) is 41.4. The molecule has 0 aliphatic carbocycles. The molecule has 0 fully saturated rings. The monoisotopic (exact) mass is 522 g/mol. The van der Waals surface area contributed by atoms with E-state index >= 15 is 0 Å². The molecule has 0 saturated heterocycles. The smallest absolute Gasteiger partial charge is 0.262 e. The molecular weight excluding hydrogens is 495 g/mol. The highest BCUT2D eigenvalue weighted by atomic mass is 19.1. The maximum atomic E-state index is 13.6. The Hall–Kier alpha value is -4.51. The van der Waals surface area contributed by atoms with Gasteiger partial charge in [0.15, 0.2) is 6.61 Å². The molecule has 198 valence electrons. The first-order valence-corrected chi connectivity index (χ1v) is 11.8. The number of hydrogen-bond acceptors (Lipinski definition) is 7. The number of nitrogens with zero attached hydrogens (tertiary/aromatic N) is 1. The third-order valence-electron chi connectivity index (χ3n) is 6.75. The summed E-state index contributed by atoms with van der Waals surface area (Å²) in [5, 5.41) is 16.7. The lowest BCUT2D eigenvalue weighted by Crippen LogP contribution is -2.41. The molecule has 11 heteroatoms. The van der Waals surface area contributed by atoms with Crippen LogP contribution in [0.3, 0.4) is 0 Å². The van der Waals surface area contributed by atoms with Gasteiger partial charge < -0.3 is 30.9 Å². The van der Waals surface area contributed by atoms with Crippen LogP contribution in [0.4, 0.5) is 10.1 Å². The lowest BCUT2D eigenvalue weighted by molar-refractivity contribution is -0.123. The number of aliphatic hydroxyl groups is 1. The van der Waals surface area contributed by atoms with E-state index in [1.54, 1.807) is 13.0 Å². The number of halogens is 1. The minimum Gasteiger partial charge on any atom is -0.489 e. The third-order valence-corrected chi connectivity index (χ3v) is 6.75. The van der Waals surface area contributed by atoms with Gasteiger partial charge in [-0.05, 0) is 62.4 Å². The summed E-state index contributed by atoms with van der Waals surface area (Å²) in [5.41, 5.74) is 4.84. The molecule has 0 spiro atoms. The number of carbonyl (C=O) groups is 3. The summed E-state index contributed by atoms with van der Waals surface area (Å²) >= 11 is 0. The highest BCUT2D eigenvalue weighted by molar-refractivity contribution is 6.00. The second-order valence-electron chi connectivity index (χ2n) is 9.73. The molecule has 10 nitrogen and oxygen atoms in total. The Bertz CT molecular complexity index is 1480. The van der Waals surface area contributed by atoms with Gasteiger partial charge >= 0.3 is 0 Å². The zero-order valence-electron chi connectivity index (χ0n) is 20.6. The number of carbonyl (C=O) groups excluding carboxylic acids is 3. The van der Waals surface area contributed by atoms with Crippen LogP contribution in [0.15, 0.2) is 48.5 Å². The summed E-state index contributed by atoms with van der Waals surface area (Å²) < 4.78 is 24.7. The second kappa shape index (κ2) is 9.10. The molecule has 1 aromatic heterocycles. The molecule has 3 amide bonds. The van der Waals surface area contributed by atoms with Crippen molar-refractivity contribution in [1.29, 1.82) is 0 Å². The molecule has 5 rings (SSSR count). The second-order valence-corrected chi connectivity index (χ2v) is 9.73. The van der Waals surface area contributed by atoms with Crippen LogP contribution >= 0.6 is 0 Å². The quantitative estimate of drug-likeness (QED) is 0.387. The Morgan fingerprint density at radius 1 is 1.24 bits per heavy atom. The standard InChI is InChI=1S/C27H25FN4O6.H2/c1-26(25(29)35)13-38-23-17(26)10-20(32-22(23)14-3-6-16(28)7-4-14)27(2,36)12-30-24(34)15-5-8-19-18(9-15)31-21(33)11-37-19;/h3-10,36H,11-13H2,1-2H3,(H2,29,35)(H,30,34)(H,31,33);1H/t26-,27-;/m0./s1. The summed E-state index contributed by atoms with van der Waals surface area (Å²) in [7, 11) is 0. The molecular formula is C27H27FN4O6. The number of primary amides is 1. The van der Waals surface area contributed by atoms with Gasteiger partial charge in [0, 0.05) is 18.1 Å². The van der Waals surface area contributed by atoms with Crippen LogP contribution < -0.4 is 25.8 Å². The van der Waals surface area contributed by atoms with Crippen molar-refractivity contribution in [2.24, 2.45) is 5.73 Å². The van der Waals surface area contributed by atoms with Gasteiger partial charge in [-0.2, -0.15) is 0 Å². The molecule has 5 N–H and O–H groups in total. The lowest BCUT2D eigenvalue weighted by atomic mass is 9.82. The molecule has 3 heterocycles. The first kappa shape index (κ1) is 25.2. The van der Waals surface area contributed by atoms with Gasteiger partial charge in [-0.25, -0.2) is 9.37 Å². The number of benzene rings is 2. The maximum Gasteiger partial charge on any atom is 0.262 e. The normalized spacial score (nSPS) is 19.2. The van der Waals surface area contributed by atoms with Gasteiger partial charge in [0.1, 0.15) is 40.6 Å². The van der Waals surface area contributed by atoms with Crippen LogP contribution in [0, 0.1) is 5.82 Å². The van der Waals surface area contributed by atoms with E-state index in [2.05, 4.69) is 15.6 Å². The Balaban J connectivity index is 0.00000353. The van der Waals surface area contributed by atoms with E-state index in [0.29, 0.717) is 34.0 Å². The largest absolute Gasteiger partial charge is 0.489 e. The topological polar surface area (TPSA) is 153 Å². The zero-order chi connectivity index (χ0) is 27.2. The van der Waals surface area contributed by atoms with E-state index in [1.165, 1.54) is 49.4 Å². The van der Waals surface area contributed by atoms with Crippen molar-refractivity contribution in [3.05, 3.63) is 71.2 Å². The molecule has 0 unspecified atom stereocenters. The van der Waals surface area contributed by atoms with Crippen molar-refractivity contribution < 1.29 is 34.8 Å². The molecule has 38 heavy (non-hydrogen) atoms. The first-order chi connectivity index (χ1) is 18.0. The molecule has 0 bridgehead atoms. The van der Waals surface area contributed by atoms with Crippen LogP contribution in [0.25, 0.3) is 11.3 Å². The highest BCUT2D eigenvalue weighted by Gasteiger charge is 2.45. The van der Waals surface area contributed by atoms with Crippen molar-refractivity contribution in [2.75, 3.05) is 25.1 Å². The van der Waals surface area contributed by atoms with Crippen molar-refractivity contribution in [1.82, 2.24) is 10.3 Å². The number of nitrogens with two attached hydrogens (primary N) is 1. The summed E-state index contributed by atoms with van der Waals surface area (Å²) in [6.45, 7) is 2.74. The Morgan fingerprint density at radius 3 is 2.68 bits per heavy atom. The van der Waals surface area contributed by atoms with Crippen LogP contribution in [-0.4, -0.2) is 47.6 Å². The van der Waals surface area contributed by atoms with Crippen molar-refractivity contribution in [2.45, 2.75) is 24.9 Å². The van der Waals surface area contributed by atoms with Gasteiger partial charge in [-0.15, -0.1) is 0 Å². The van der Waals surface area contributed by atoms with Crippen molar-refractivity contribution in [3.8, 4) is 22.8 Å². The zero-order valence-corrected chi connectivity index (χ0v) is 20.6. The van der Waals surface area contributed by atoms with Crippen molar-refractivity contribution >= 4 is 23.4 Å². The number of pyridine rings is 1. The number of nitrogens with one attached hydrogen (secondary N) is 2. The molecule has 3 aromatic rings. The lowest BCUT2D eigenvalue weighted by Gasteiger charge is -2.26. The molecule has 2 aliphatic heterocycles. The fraction of sp³-hybridized carbons (Fsp3) is 0.259. The fourth-order valence-corrected chi connectivity index (χ4v) is 4.34. The number of hydrogen-bond donors (Lipinski definition) is 4. The SMILES string of the molecule is C[C@](O)(CNC(=O)c1ccc2c(c1)NC(=O)CO2)c1cc2c(c(-c3ccc(F)cc3)n1)OC[C@]2(C)C(N)=O.[HH]. The molecule has 2 aliphatic rings. The maximum absolute atomic E-state index is 13.6. The summed E-state index contributed by atoms with van der Waals surface area (Å²) in [5.74, 6) is -1.12. The minimum absolute atomic E-state index is 0. The van der Waals surface area contributed by atoms with E-state index in [1.807, 2.05) is 0 Å². The van der Waals surface area contributed by atoms with E-state index in [-0.39, 0.29) is 38.3 Å². The molecule has 0 saturated carbocycles. The molecule has 2 atom stereocenters. The van der Waals surface area contributed by atoms with E-state index in [0.717, 1.165) is 0 Å². The average Bonchev–Trinajstić information content (AvgIpc) is 3.25. The third kappa shape index (κ3) is 4.41. The van der Waals surface area contributed by atoms with Gasteiger partial charge in [-0.1, -0.05) is 0 Å². The Kier molecular flexibility index (Phi) is 6.03. The van der Waals surface area contributed by atoms with Crippen LogP contribution in [0.2, 0.25) is 0 Å². The Labute approximate surface area is 218 Å². The van der Waals surface area contributed by atoms with Gasteiger partial charge in [0.2, 0.25) is 5.91 Å². The van der Waals surface area contributed by atoms with Crippen molar-refractivity contribution in [3.63, 3.8) is 0 Å². The number of amides is 3. The first-order valence-electron chi connectivity index (χ1n) is 11.8. The Morgan fingerprint density at radius 2 is 1.97 bits per heavy atom. The number of fused-ring (bicyclic) bond motifs is 2. The van der Waals surface area contributed by atoms with E-state index in [4.69, 9.17) is 15.2 Å². The number of aromatic nitrogens is 1. The molecule has 0 radical (unpaired) electrons. The number of rotatable bonds is 6. The number of ether oxygens (including phenoxy) is 2. The average molecular weight is 523 g/mol. The van der Waals surface area contributed by atoms with E-state index in [9.17, 15) is 23.9 Å². The van der Waals surface area contributed by atoms with Crippen LogP contribution in [0.5, 0.6) is 11.5 Å². The van der Waals surface area contributed by atoms with Crippen LogP contribution in [-0.2, 0) is 20.6 Å². The van der Waals surface area contributed by atoms with Gasteiger partial charge in [0.05, 0.1) is 17.9 Å².